The highest BCUT2D eigenvalue weighted by atomic mass is 16.2. The number of hydrogen-bond donors (Lipinski definition) is 2. The van der Waals surface area contributed by atoms with Crippen LogP contribution in [-0.4, -0.2) is 16.6 Å². The van der Waals surface area contributed by atoms with Gasteiger partial charge in [-0.25, -0.2) is 5.43 Å². The number of allylic oxidation sites excluding steroid dienone is 2. The third-order valence-corrected chi connectivity index (χ3v) is 6.19. The summed E-state index contributed by atoms with van der Waals surface area (Å²) in [4.78, 5) is 16.2. The van der Waals surface area contributed by atoms with Gasteiger partial charge in [0.25, 0.3) is 5.91 Å². The van der Waals surface area contributed by atoms with E-state index in [9.17, 15) is 4.79 Å². The van der Waals surface area contributed by atoms with Crippen molar-refractivity contribution >= 4 is 17.3 Å². The molecule has 2 aliphatic rings. The van der Waals surface area contributed by atoms with Gasteiger partial charge in [-0.05, 0) is 60.2 Å². The second-order valence-corrected chi connectivity index (χ2v) is 8.07. The van der Waals surface area contributed by atoms with E-state index in [1.54, 1.807) is 18.3 Å². The molecule has 3 aromatic rings. The number of hydrogen-bond acceptors (Lipinski definition) is 4. The number of anilines is 1. The lowest BCUT2D eigenvalue weighted by atomic mass is 9.76. The summed E-state index contributed by atoms with van der Waals surface area (Å²) >= 11 is 0. The average molecular weight is 409 g/mol. The van der Waals surface area contributed by atoms with Gasteiger partial charge in [0.05, 0.1) is 17.3 Å². The van der Waals surface area contributed by atoms with E-state index in [1.807, 2.05) is 6.92 Å². The van der Waals surface area contributed by atoms with Gasteiger partial charge >= 0.3 is 0 Å². The van der Waals surface area contributed by atoms with E-state index in [2.05, 4.69) is 81.5 Å². The van der Waals surface area contributed by atoms with Crippen LogP contribution in [0.15, 0.2) is 90.3 Å². The normalized spacial score (nSPS) is 21.7. The van der Waals surface area contributed by atoms with E-state index in [4.69, 9.17) is 0 Å². The number of fused-ring (bicyclic) bond motifs is 3. The van der Waals surface area contributed by atoms with E-state index in [-0.39, 0.29) is 5.91 Å². The SMILES string of the molecule is CC(=NNC(=O)c1cccnc1)c1ccc2c(c1)[C@@H]1C=CC[C@@H]1[C@H](c1ccccc1)N2. The average Bonchev–Trinajstić information content (AvgIpc) is 3.33. The molecule has 0 radical (unpaired) electrons. The maximum atomic E-state index is 12.3. The summed E-state index contributed by atoms with van der Waals surface area (Å²) in [6, 6.07) is 20.8. The van der Waals surface area contributed by atoms with E-state index in [0.717, 1.165) is 23.4 Å². The van der Waals surface area contributed by atoms with Gasteiger partial charge in [0.15, 0.2) is 0 Å². The van der Waals surface area contributed by atoms with Crippen molar-refractivity contribution in [3.8, 4) is 0 Å². The number of nitrogens with zero attached hydrogens (tertiary/aromatic N) is 2. The molecule has 31 heavy (non-hydrogen) atoms. The fourth-order valence-electron chi connectivity index (χ4n) is 4.57. The van der Waals surface area contributed by atoms with Gasteiger partial charge in [0.2, 0.25) is 0 Å². The minimum Gasteiger partial charge on any atom is -0.378 e. The number of rotatable bonds is 4. The molecule has 1 aromatic heterocycles. The highest BCUT2D eigenvalue weighted by Crippen LogP contribution is 2.49. The maximum Gasteiger partial charge on any atom is 0.272 e. The van der Waals surface area contributed by atoms with Gasteiger partial charge in [-0.1, -0.05) is 48.6 Å². The second-order valence-electron chi connectivity index (χ2n) is 8.07. The molecular weight excluding hydrogens is 384 g/mol. The number of carbonyl (C=O) groups is 1. The van der Waals surface area contributed by atoms with Crippen LogP contribution in [0.3, 0.4) is 0 Å². The predicted octanol–water partition coefficient (Wildman–Crippen LogP) is 5.06. The van der Waals surface area contributed by atoms with E-state index < -0.39 is 0 Å². The number of amides is 1. The number of nitrogens with one attached hydrogen (secondary N) is 2. The van der Waals surface area contributed by atoms with Crippen LogP contribution in [-0.2, 0) is 0 Å². The number of pyridine rings is 1. The summed E-state index contributed by atoms with van der Waals surface area (Å²) in [5.74, 6) is 0.600. The highest BCUT2D eigenvalue weighted by molar-refractivity contribution is 6.01. The van der Waals surface area contributed by atoms with Crippen LogP contribution >= 0.6 is 0 Å². The van der Waals surface area contributed by atoms with E-state index in [0.29, 0.717) is 23.4 Å². The Morgan fingerprint density at radius 2 is 1.97 bits per heavy atom. The van der Waals surface area contributed by atoms with Crippen LogP contribution in [0.4, 0.5) is 5.69 Å². The Bertz CT molecular complexity index is 1150. The molecule has 5 nitrogen and oxygen atoms in total. The predicted molar refractivity (Wildman–Crippen MR) is 123 cm³/mol. The standard InChI is InChI=1S/C26H24N4O/c1-17(29-30-26(31)20-9-6-14-27-16-20)19-12-13-24-23(15-19)21-10-5-11-22(21)25(28-24)18-7-3-2-4-8-18/h2-10,12-16,21-22,25,28H,11H2,1H3,(H,30,31)/t21-,22+,25+/m1/s1. The summed E-state index contributed by atoms with van der Waals surface area (Å²) in [7, 11) is 0. The highest BCUT2D eigenvalue weighted by Gasteiger charge is 2.37. The Morgan fingerprint density at radius 1 is 1.10 bits per heavy atom. The Labute approximate surface area is 181 Å². The van der Waals surface area contributed by atoms with Crippen molar-refractivity contribution in [1.82, 2.24) is 10.4 Å². The van der Waals surface area contributed by atoms with Gasteiger partial charge < -0.3 is 5.32 Å². The summed E-state index contributed by atoms with van der Waals surface area (Å²) in [5.41, 5.74) is 8.67. The smallest absolute Gasteiger partial charge is 0.272 e. The molecule has 154 valence electrons. The van der Waals surface area contributed by atoms with Crippen molar-refractivity contribution in [3.63, 3.8) is 0 Å². The van der Waals surface area contributed by atoms with Gasteiger partial charge in [-0.3, -0.25) is 9.78 Å². The molecule has 0 unspecified atom stereocenters. The minimum atomic E-state index is -0.267. The molecule has 0 fully saturated rings. The van der Waals surface area contributed by atoms with Crippen LogP contribution in [0, 0.1) is 5.92 Å². The van der Waals surface area contributed by atoms with Crippen molar-refractivity contribution in [2.75, 3.05) is 5.32 Å². The Morgan fingerprint density at radius 3 is 2.77 bits per heavy atom. The van der Waals surface area contributed by atoms with Crippen molar-refractivity contribution in [2.24, 2.45) is 11.0 Å². The quantitative estimate of drug-likeness (QED) is 0.360. The van der Waals surface area contributed by atoms with Crippen molar-refractivity contribution in [1.29, 1.82) is 0 Å². The monoisotopic (exact) mass is 408 g/mol. The Balaban J connectivity index is 1.40. The first kappa shape index (κ1) is 19.2. The van der Waals surface area contributed by atoms with Crippen LogP contribution in [0.1, 0.15) is 52.4 Å². The largest absolute Gasteiger partial charge is 0.378 e. The molecule has 1 aliphatic carbocycles. The molecule has 0 saturated carbocycles. The summed E-state index contributed by atoms with van der Waals surface area (Å²) < 4.78 is 0. The molecule has 2 aromatic carbocycles. The zero-order chi connectivity index (χ0) is 21.2. The fraction of sp³-hybridized carbons (Fsp3) is 0.192. The van der Waals surface area contributed by atoms with Crippen LogP contribution < -0.4 is 10.7 Å². The summed E-state index contributed by atoms with van der Waals surface area (Å²) in [6.07, 6.45) is 8.86. The van der Waals surface area contributed by atoms with Crippen LogP contribution in [0.5, 0.6) is 0 Å². The van der Waals surface area contributed by atoms with Crippen molar-refractivity contribution in [2.45, 2.75) is 25.3 Å². The minimum absolute atomic E-state index is 0.267. The lowest BCUT2D eigenvalue weighted by molar-refractivity contribution is 0.0954. The first-order valence-electron chi connectivity index (χ1n) is 10.6. The number of benzene rings is 2. The maximum absolute atomic E-state index is 12.3. The van der Waals surface area contributed by atoms with Gasteiger partial charge in [-0.2, -0.15) is 5.10 Å². The first-order valence-corrected chi connectivity index (χ1v) is 10.6. The van der Waals surface area contributed by atoms with Crippen LogP contribution in [0.25, 0.3) is 0 Å². The lowest BCUT2D eigenvalue weighted by Gasteiger charge is -2.37. The van der Waals surface area contributed by atoms with Crippen molar-refractivity contribution in [3.05, 3.63) is 107 Å². The molecule has 3 atom stereocenters. The zero-order valence-electron chi connectivity index (χ0n) is 17.3. The van der Waals surface area contributed by atoms with Gasteiger partial charge in [-0.15, -0.1) is 0 Å². The van der Waals surface area contributed by atoms with E-state index >= 15 is 0 Å². The molecule has 2 heterocycles. The number of aromatic nitrogens is 1. The molecule has 1 aliphatic heterocycles. The molecule has 0 bridgehead atoms. The number of hydrazone groups is 1. The molecule has 0 saturated heterocycles. The number of carbonyl (C=O) groups excluding carboxylic acids is 1. The van der Waals surface area contributed by atoms with Gasteiger partial charge in [0.1, 0.15) is 0 Å². The van der Waals surface area contributed by atoms with Crippen LogP contribution in [0.2, 0.25) is 0 Å². The lowest BCUT2D eigenvalue weighted by Crippen LogP contribution is -2.29. The Kier molecular flexibility index (Phi) is 5.08. The van der Waals surface area contributed by atoms with Gasteiger partial charge in [0, 0.05) is 24.0 Å². The zero-order valence-corrected chi connectivity index (χ0v) is 17.3. The fourth-order valence-corrected chi connectivity index (χ4v) is 4.57. The molecule has 2 N–H and O–H groups in total. The first-order chi connectivity index (χ1) is 15.2. The second kappa shape index (κ2) is 8.19. The molecule has 1 amide bonds. The molecule has 5 heteroatoms. The molecular formula is C26H24N4O. The topological polar surface area (TPSA) is 66.4 Å². The third-order valence-electron chi connectivity index (χ3n) is 6.19. The third kappa shape index (κ3) is 3.75. The summed E-state index contributed by atoms with van der Waals surface area (Å²) in [6.45, 7) is 1.91. The van der Waals surface area contributed by atoms with Crippen molar-refractivity contribution < 1.29 is 4.79 Å². The van der Waals surface area contributed by atoms with E-state index in [1.165, 1.54) is 17.3 Å². The molecule has 0 spiro atoms. The molecule has 5 rings (SSSR count). The Hall–Kier alpha value is -3.73. The summed E-state index contributed by atoms with van der Waals surface area (Å²) in [5, 5.41) is 8.08.